The molecule has 0 atom stereocenters. The van der Waals surface area contributed by atoms with Crippen LogP contribution in [0.15, 0.2) is 47.4 Å². The van der Waals surface area contributed by atoms with E-state index in [0.717, 1.165) is 6.07 Å². The van der Waals surface area contributed by atoms with E-state index in [1.165, 1.54) is 36.4 Å². The van der Waals surface area contributed by atoms with Gasteiger partial charge in [0.2, 0.25) is 10.0 Å². The van der Waals surface area contributed by atoms with E-state index in [-0.39, 0.29) is 22.8 Å². The Balaban J connectivity index is 2.22. The Morgan fingerprint density at radius 3 is 2.21 bits per heavy atom. The summed E-state index contributed by atoms with van der Waals surface area (Å²) in [6.45, 7) is 3.82. The van der Waals surface area contributed by atoms with Gasteiger partial charge in [0, 0.05) is 18.2 Å². The lowest BCUT2D eigenvalue weighted by atomic mass is 10.2. The highest BCUT2D eigenvalue weighted by molar-refractivity contribution is 7.89. The number of hydrogen-bond acceptors (Lipinski definition) is 5. The number of halogens is 3. The van der Waals surface area contributed by atoms with Crippen LogP contribution in [-0.4, -0.2) is 28.0 Å². The van der Waals surface area contributed by atoms with E-state index in [1.807, 2.05) is 0 Å². The van der Waals surface area contributed by atoms with Gasteiger partial charge >= 0.3 is 6.36 Å². The lowest BCUT2D eigenvalue weighted by molar-refractivity contribution is -0.274. The molecule has 0 aliphatic heterocycles. The van der Waals surface area contributed by atoms with Gasteiger partial charge in [-0.3, -0.25) is 0 Å². The van der Waals surface area contributed by atoms with Crippen LogP contribution in [0.2, 0.25) is 0 Å². The van der Waals surface area contributed by atoms with Crippen LogP contribution in [0.1, 0.15) is 19.4 Å². The van der Waals surface area contributed by atoms with Crippen molar-refractivity contribution >= 4 is 10.0 Å². The van der Waals surface area contributed by atoms with E-state index in [1.54, 1.807) is 13.8 Å². The molecule has 0 aromatic heterocycles. The normalized spacial score (nSPS) is 11.9. The van der Waals surface area contributed by atoms with Gasteiger partial charge in [-0.2, -0.15) is 0 Å². The maximum atomic E-state index is 12.6. The van der Waals surface area contributed by atoms with Gasteiger partial charge in [-0.25, -0.2) is 13.1 Å². The van der Waals surface area contributed by atoms with Crippen LogP contribution in [0.3, 0.4) is 0 Å². The minimum Gasteiger partial charge on any atom is -0.490 e. The molecular weight excluding hydrogens is 399 g/mol. The zero-order valence-corrected chi connectivity index (χ0v) is 16.1. The van der Waals surface area contributed by atoms with E-state index in [4.69, 9.17) is 9.47 Å². The molecule has 2 rings (SSSR count). The number of benzene rings is 2. The van der Waals surface area contributed by atoms with E-state index in [0.29, 0.717) is 19.0 Å². The molecule has 10 heteroatoms. The van der Waals surface area contributed by atoms with E-state index >= 15 is 0 Å². The predicted octanol–water partition coefficient (Wildman–Crippen LogP) is 3.86. The number of sulfonamides is 1. The van der Waals surface area contributed by atoms with E-state index < -0.39 is 22.1 Å². The molecule has 2 aromatic carbocycles. The smallest absolute Gasteiger partial charge is 0.490 e. The molecule has 0 fully saturated rings. The molecule has 0 saturated heterocycles. The SMILES string of the molecule is CCOc1ccc(S(=O)(=O)NCc2ccccc2OC(F)(F)F)cc1OCC. The molecule has 0 aliphatic rings. The molecule has 2 aromatic rings. The third-order valence-corrected chi connectivity index (χ3v) is 4.88. The van der Waals surface area contributed by atoms with Gasteiger partial charge in [0.05, 0.1) is 18.1 Å². The van der Waals surface area contributed by atoms with Gasteiger partial charge in [-0.15, -0.1) is 13.2 Å². The molecule has 0 aliphatic carbocycles. The van der Waals surface area contributed by atoms with E-state index in [9.17, 15) is 21.6 Å². The van der Waals surface area contributed by atoms with E-state index in [2.05, 4.69) is 9.46 Å². The summed E-state index contributed by atoms with van der Waals surface area (Å²) in [7, 11) is -4.01. The molecule has 28 heavy (non-hydrogen) atoms. The summed E-state index contributed by atoms with van der Waals surface area (Å²) in [6, 6.07) is 9.39. The third kappa shape index (κ3) is 6.03. The number of ether oxygens (including phenoxy) is 3. The van der Waals surface area contributed by atoms with Crippen LogP contribution in [0.5, 0.6) is 17.2 Å². The van der Waals surface area contributed by atoms with Crippen molar-refractivity contribution < 1.29 is 35.8 Å². The van der Waals surface area contributed by atoms with Crippen molar-refractivity contribution in [2.45, 2.75) is 31.7 Å². The number of nitrogens with one attached hydrogen (secondary N) is 1. The summed E-state index contributed by atoms with van der Waals surface area (Å²) in [6.07, 6.45) is -4.88. The summed E-state index contributed by atoms with van der Waals surface area (Å²) in [5, 5.41) is 0. The van der Waals surface area contributed by atoms with Crippen LogP contribution < -0.4 is 18.9 Å². The Morgan fingerprint density at radius 2 is 1.57 bits per heavy atom. The van der Waals surface area contributed by atoms with Crippen LogP contribution in [0.4, 0.5) is 13.2 Å². The third-order valence-electron chi connectivity index (χ3n) is 3.48. The molecule has 0 spiro atoms. The second kappa shape index (κ2) is 9.16. The Bertz CT molecular complexity index is 900. The fourth-order valence-corrected chi connectivity index (χ4v) is 3.35. The Hall–Kier alpha value is -2.46. The molecule has 0 unspecified atom stereocenters. The molecule has 0 saturated carbocycles. The lowest BCUT2D eigenvalue weighted by Gasteiger charge is -2.15. The molecule has 6 nitrogen and oxygen atoms in total. The van der Waals surface area contributed by atoms with Crippen LogP contribution in [-0.2, 0) is 16.6 Å². The van der Waals surface area contributed by atoms with Crippen molar-refractivity contribution in [1.29, 1.82) is 0 Å². The topological polar surface area (TPSA) is 73.9 Å². The highest BCUT2D eigenvalue weighted by atomic mass is 32.2. The zero-order chi connectivity index (χ0) is 20.8. The number of hydrogen-bond donors (Lipinski definition) is 1. The first kappa shape index (κ1) is 21.8. The first-order chi connectivity index (χ1) is 13.2. The average Bonchev–Trinajstić information content (AvgIpc) is 2.61. The quantitative estimate of drug-likeness (QED) is 0.668. The van der Waals surface area contributed by atoms with Crippen molar-refractivity contribution in [2.75, 3.05) is 13.2 Å². The number of alkyl halides is 3. The summed E-state index contributed by atoms with van der Waals surface area (Å²) in [5.74, 6) is 0.180. The fraction of sp³-hybridized carbons (Fsp3) is 0.333. The van der Waals surface area contributed by atoms with Gasteiger partial charge in [0.15, 0.2) is 11.5 Å². The first-order valence-corrected chi connectivity index (χ1v) is 9.87. The molecule has 0 heterocycles. The van der Waals surface area contributed by atoms with Gasteiger partial charge in [0.1, 0.15) is 5.75 Å². The lowest BCUT2D eigenvalue weighted by Crippen LogP contribution is -2.24. The highest BCUT2D eigenvalue weighted by Crippen LogP contribution is 2.31. The maximum absolute atomic E-state index is 12.6. The Labute approximate surface area is 161 Å². The average molecular weight is 419 g/mol. The molecule has 1 N–H and O–H groups in total. The second-order valence-corrected chi connectivity index (χ2v) is 7.22. The standard InChI is InChI=1S/C18H20F3NO5S/c1-3-25-16-10-9-14(11-17(16)26-4-2)28(23,24)22-12-13-7-5-6-8-15(13)27-18(19,20)21/h5-11,22H,3-4,12H2,1-2H3. The molecule has 0 amide bonds. The van der Waals surface area contributed by atoms with Gasteiger partial charge < -0.3 is 14.2 Å². The zero-order valence-electron chi connectivity index (χ0n) is 15.2. The van der Waals surface area contributed by atoms with Crippen molar-refractivity contribution in [3.63, 3.8) is 0 Å². The monoisotopic (exact) mass is 419 g/mol. The fourth-order valence-electron chi connectivity index (χ4n) is 2.33. The van der Waals surface area contributed by atoms with Crippen molar-refractivity contribution in [2.24, 2.45) is 0 Å². The predicted molar refractivity (Wildman–Crippen MR) is 95.9 cm³/mol. The minimum absolute atomic E-state index is 0.0411. The summed E-state index contributed by atoms with van der Waals surface area (Å²) in [5.41, 5.74) is 0.0411. The minimum atomic E-state index is -4.88. The second-order valence-electron chi connectivity index (χ2n) is 5.45. The molecule has 0 radical (unpaired) electrons. The summed E-state index contributed by atoms with van der Waals surface area (Å²) >= 11 is 0. The first-order valence-electron chi connectivity index (χ1n) is 8.39. The largest absolute Gasteiger partial charge is 0.573 e. The number of para-hydroxylation sites is 1. The van der Waals surface area contributed by atoms with Crippen molar-refractivity contribution in [3.8, 4) is 17.2 Å². The van der Waals surface area contributed by atoms with Crippen LogP contribution in [0.25, 0.3) is 0 Å². The maximum Gasteiger partial charge on any atom is 0.573 e. The summed E-state index contributed by atoms with van der Waals surface area (Å²) in [4.78, 5) is -0.103. The molecular formula is C18H20F3NO5S. The van der Waals surface area contributed by atoms with Crippen LogP contribution in [0, 0.1) is 0 Å². The Kier molecular flexibility index (Phi) is 7.14. The Morgan fingerprint density at radius 1 is 0.929 bits per heavy atom. The van der Waals surface area contributed by atoms with Crippen molar-refractivity contribution in [3.05, 3.63) is 48.0 Å². The van der Waals surface area contributed by atoms with Crippen molar-refractivity contribution in [1.82, 2.24) is 4.72 Å². The molecule has 0 bridgehead atoms. The van der Waals surface area contributed by atoms with Crippen LogP contribution >= 0.6 is 0 Å². The van der Waals surface area contributed by atoms with Gasteiger partial charge in [-0.1, -0.05) is 18.2 Å². The molecule has 154 valence electrons. The highest BCUT2D eigenvalue weighted by Gasteiger charge is 2.32. The number of rotatable bonds is 9. The van der Waals surface area contributed by atoms with Gasteiger partial charge in [-0.05, 0) is 32.0 Å². The van der Waals surface area contributed by atoms with Gasteiger partial charge in [0.25, 0.3) is 0 Å². The summed E-state index contributed by atoms with van der Waals surface area (Å²) < 4.78 is 79.6.